The van der Waals surface area contributed by atoms with Crippen molar-refractivity contribution in [3.63, 3.8) is 0 Å². The molecule has 1 fully saturated rings. The number of piperidine rings is 1. The number of carbonyl (C=O) groups excluding carboxylic acids is 1. The molecule has 172 valence electrons. The Labute approximate surface area is 193 Å². The number of urea groups is 1. The Morgan fingerprint density at radius 2 is 2.00 bits per heavy atom. The van der Waals surface area contributed by atoms with Crippen LogP contribution in [-0.2, 0) is 6.18 Å². The number of aromatic amines is 1. The highest BCUT2D eigenvalue weighted by Gasteiger charge is 2.34. The number of amides is 2. The van der Waals surface area contributed by atoms with E-state index >= 15 is 0 Å². The maximum absolute atomic E-state index is 13.0. The molecule has 6 nitrogen and oxygen atoms in total. The van der Waals surface area contributed by atoms with Crippen molar-refractivity contribution < 1.29 is 18.0 Å². The van der Waals surface area contributed by atoms with Crippen LogP contribution in [0.5, 0.6) is 0 Å². The van der Waals surface area contributed by atoms with E-state index in [1.54, 1.807) is 0 Å². The summed E-state index contributed by atoms with van der Waals surface area (Å²) in [7, 11) is 2.00. The Morgan fingerprint density at radius 3 is 2.72 bits per heavy atom. The first-order valence-corrected chi connectivity index (χ1v) is 10.2. The lowest BCUT2D eigenvalue weighted by Crippen LogP contribution is -2.46. The highest BCUT2D eigenvalue weighted by atomic mass is 35.5. The number of aromatic nitrogens is 2. The second kappa shape index (κ2) is 9.56. The number of nitrogens with zero attached hydrogens (tertiary/aromatic N) is 2. The molecule has 0 unspecified atom stereocenters. The number of hydrogen-bond acceptors (Lipinski definition) is 3. The number of halogens is 5. The zero-order valence-electron chi connectivity index (χ0n) is 17.0. The number of para-hydroxylation sites is 2. The van der Waals surface area contributed by atoms with E-state index in [0.29, 0.717) is 6.42 Å². The van der Waals surface area contributed by atoms with Crippen molar-refractivity contribution in [3.05, 3.63) is 58.9 Å². The highest BCUT2D eigenvalue weighted by molar-refractivity contribution is 6.31. The summed E-state index contributed by atoms with van der Waals surface area (Å²) in [4.78, 5) is 22.6. The van der Waals surface area contributed by atoms with E-state index in [0.717, 1.165) is 42.0 Å². The Bertz CT molecular complexity index is 1070. The van der Waals surface area contributed by atoms with E-state index in [4.69, 9.17) is 11.6 Å². The molecular weight excluding hydrogens is 466 g/mol. The molecule has 11 heteroatoms. The van der Waals surface area contributed by atoms with Gasteiger partial charge in [-0.25, -0.2) is 9.78 Å². The summed E-state index contributed by atoms with van der Waals surface area (Å²) in [6.45, 7) is 0.742. The lowest BCUT2D eigenvalue weighted by atomic mass is 9.97. The Hall–Kier alpha value is -2.49. The predicted molar refractivity (Wildman–Crippen MR) is 120 cm³/mol. The summed E-state index contributed by atoms with van der Waals surface area (Å²) in [6, 6.07) is 10.3. The zero-order valence-corrected chi connectivity index (χ0v) is 18.6. The van der Waals surface area contributed by atoms with E-state index < -0.39 is 22.8 Å². The molecule has 0 spiro atoms. The second-order valence-electron chi connectivity index (χ2n) is 7.65. The van der Waals surface area contributed by atoms with E-state index in [-0.39, 0.29) is 30.2 Å². The van der Waals surface area contributed by atoms with Gasteiger partial charge in [-0.1, -0.05) is 23.7 Å². The molecule has 4 rings (SSSR count). The third-order valence-electron chi connectivity index (χ3n) is 5.46. The molecule has 1 aliphatic rings. The molecule has 1 aliphatic heterocycles. The Kier molecular flexibility index (Phi) is 7.22. The molecule has 2 atom stereocenters. The van der Waals surface area contributed by atoms with E-state index in [1.807, 2.05) is 31.3 Å². The van der Waals surface area contributed by atoms with Gasteiger partial charge in [-0.2, -0.15) is 13.2 Å². The van der Waals surface area contributed by atoms with Gasteiger partial charge >= 0.3 is 12.2 Å². The van der Waals surface area contributed by atoms with Crippen molar-refractivity contribution in [1.82, 2.24) is 20.2 Å². The number of carbonyl (C=O) groups is 1. The standard InChI is InChI=1S/C21H21ClF3N5O.ClH/c1-30-9-8-13(11-18(30)19-28-16-4-2-3-5-17(16)29-19)27-20(31)26-12-6-7-15(22)14(10-12)21(23,24)25;/h2-7,10,13,18H,8-9,11H2,1H3,(H,28,29)(H2,26,27,31);1H/t13-,18-;/m1./s1. The van der Waals surface area contributed by atoms with E-state index in [9.17, 15) is 18.0 Å². The first-order chi connectivity index (χ1) is 14.7. The fourth-order valence-corrected chi connectivity index (χ4v) is 4.06. The van der Waals surface area contributed by atoms with Crippen LogP contribution in [0.4, 0.5) is 23.7 Å². The smallest absolute Gasteiger partial charge is 0.341 e. The molecule has 0 radical (unpaired) electrons. The van der Waals surface area contributed by atoms with Crippen LogP contribution in [0.15, 0.2) is 42.5 Å². The number of nitrogens with one attached hydrogen (secondary N) is 3. The highest BCUT2D eigenvalue weighted by Crippen LogP contribution is 2.36. The van der Waals surface area contributed by atoms with Gasteiger partial charge in [0.1, 0.15) is 5.82 Å². The van der Waals surface area contributed by atoms with Gasteiger partial charge in [-0.3, -0.25) is 4.90 Å². The number of likely N-dealkylation sites (tertiary alicyclic amines) is 1. The second-order valence-corrected chi connectivity index (χ2v) is 8.05. The maximum Gasteiger partial charge on any atom is 0.417 e. The van der Waals surface area contributed by atoms with Crippen LogP contribution in [0.2, 0.25) is 5.02 Å². The van der Waals surface area contributed by atoms with Crippen molar-refractivity contribution in [1.29, 1.82) is 0 Å². The van der Waals surface area contributed by atoms with Crippen LogP contribution in [0.25, 0.3) is 11.0 Å². The predicted octanol–water partition coefficient (Wildman–Crippen LogP) is 5.61. The van der Waals surface area contributed by atoms with Crippen molar-refractivity contribution in [2.75, 3.05) is 18.9 Å². The van der Waals surface area contributed by atoms with Gasteiger partial charge < -0.3 is 15.6 Å². The third-order valence-corrected chi connectivity index (χ3v) is 5.79. The molecule has 3 aromatic rings. The minimum Gasteiger partial charge on any atom is -0.341 e. The molecule has 3 N–H and O–H groups in total. The van der Waals surface area contributed by atoms with Gasteiger partial charge in [0.05, 0.1) is 27.7 Å². The molecule has 32 heavy (non-hydrogen) atoms. The summed E-state index contributed by atoms with van der Waals surface area (Å²) in [5.74, 6) is 0.822. The van der Waals surface area contributed by atoms with Gasteiger partial charge in [-0.15, -0.1) is 12.4 Å². The average Bonchev–Trinajstić information content (AvgIpc) is 3.14. The quantitative estimate of drug-likeness (QED) is 0.449. The normalized spacial score (nSPS) is 19.4. The first kappa shape index (κ1) is 24.2. The summed E-state index contributed by atoms with van der Waals surface area (Å²) in [6.07, 6.45) is -3.26. The third kappa shape index (κ3) is 5.28. The van der Waals surface area contributed by atoms with Gasteiger partial charge in [0.2, 0.25) is 0 Å². The number of hydrogen-bond donors (Lipinski definition) is 3. The molecular formula is C21H22Cl2F3N5O. The molecule has 2 amide bonds. The largest absolute Gasteiger partial charge is 0.417 e. The molecule has 0 bridgehead atoms. The summed E-state index contributed by atoms with van der Waals surface area (Å²) < 4.78 is 39.1. The van der Waals surface area contributed by atoms with Gasteiger partial charge in [0.15, 0.2) is 0 Å². The Morgan fingerprint density at radius 1 is 1.25 bits per heavy atom. The lowest BCUT2D eigenvalue weighted by Gasteiger charge is -2.36. The minimum absolute atomic E-state index is 0. The number of anilines is 1. The number of rotatable bonds is 3. The topological polar surface area (TPSA) is 73.1 Å². The van der Waals surface area contributed by atoms with Crippen LogP contribution >= 0.6 is 24.0 Å². The zero-order chi connectivity index (χ0) is 22.2. The molecule has 0 aliphatic carbocycles. The van der Waals surface area contributed by atoms with Crippen LogP contribution in [0.1, 0.15) is 30.3 Å². The van der Waals surface area contributed by atoms with Gasteiger partial charge in [-0.05, 0) is 50.2 Å². The number of fused-ring (bicyclic) bond motifs is 1. The molecule has 0 saturated carbocycles. The van der Waals surface area contributed by atoms with Crippen LogP contribution in [0, 0.1) is 0 Å². The van der Waals surface area contributed by atoms with Gasteiger partial charge in [0, 0.05) is 18.3 Å². The minimum atomic E-state index is -4.60. The number of imidazole rings is 1. The number of benzene rings is 2. The molecule has 2 heterocycles. The van der Waals surface area contributed by atoms with E-state index in [1.165, 1.54) is 6.07 Å². The fraction of sp³-hybridized carbons (Fsp3) is 0.333. The fourth-order valence-electron chi connectivity index (χ4n) is 3.84. The Balaban J connectivity index is 0.00000289. The molecule has 1 aromatic heterocycles. The van der Waals surface area contributed by atoms with Crippen LogP contribution < -0.4 is 10.6 Å². The van der Waals surface area contributed by atoms with E-state index in [2.05, 4.69) is 25.5 Å². The summed E-state index contributed by atoms with van der Waals surface area (Å²) in [5.41, 5.74) is 0.857. The van der Waals surface area contributed by atoms with Crippen molar-refractivity contribution >= 4 is 46.8 Å². The van der Waals surface area contributed by atoms with Crippen LogP contribution in [0.3, 0.4) is 0 Å². The van der Waals surface area contributed by atoms with Crippen LogP contribution in [-0.4, -0.2) is 40.5 Å². The molecule has 2 aromatic carbocycles. The monoisotopic (exact) mass is 487 g/mol. The van der Waals surface area contributed by atoms with Crippen molar-refractivity contribution in [3.8, 4) is 0 Å². The lowest BCUT2D eigenvalue weighted by molar-refractivity contribution is -0.137. The number of H-pyrrole nitrogens is 1. The summed E-state index contributed by atoms with van der Waals surface area (Å²) in [5, 5.41) is 4.92. The SMILES string of the molecule is CN1CC[C@@H](NC(=O)Nc2ccc(Cl)c(C(F)(F)F)c2)C[C@@H]1c1nc2ccccc2[nH]1.Cl. The van der Waals surface area contributed by atoms with Crippen molar-refractivity contribution in [2.45, 2.75) is 31.1 Å². The average molecular weight is 488 g/mol. The maximum atomic E-state index is 13.0. The number of alkyl halides is 3. The first-order valence-electron chi connectivity index (χ1n) is 9.80. The summed E-state index contributed by atoms with van der Waals surface area (Å²) >= 11 is 5.63. The van der Waals surface area contributed by atoms with Crippen molar-refractivity contribution in [2.24, 2.45) is 0 Å². The molecule has 1 saturated heterocycles. The van der Waals surface area contributed by atoms with Gasteiger partial charge in [0.25, 0.3) is 0 Å².